The van der Waals surface area contributed by atoms with Gasteiger partial charge in [0, 0.05) is 17.7 Å². The van der Waals surface area contributed by atoms with Crippen molar-refractivity contribution in [2.24, 2.45) is 11.7 Å². The van der Waals surface area contributed by atoms with Crippen LogP contribution in [0.1, 0.15) is 43.9 Å². The topological polar surface area (TPSA) is 69.2 Å². The highest BCUT2D eigenvalue weighted by Gasteiger charge is 2.14. The van der Waals surface area contributed by atoms with E-state index in [1.165, 1.54) is 0 Å². The molecule has 5 heteroatoms. The van der Waals surface area contributed by atoms with E-state index in [0.717, 1.165) is 18.4 Å². The minimum atomic E-state index is -0.353. The Morgan fingerprint density at radius 1 is 1.33 bits per heavy atom. The van der Waals surface area contributed by atoms with Crippen molar-refractivity contribution in [3.05, 3.63) is 39.4 Å². The maximum absolute atomic E-state index is 10.8. The zero-order valence-corrected chi connectivity index (χ0v) is 11.9. The summed E-state index contributed by atoms with van der Waals surface area (Å²) in [5.41, 5.74) is 7.72. The molecular weight excluding hydrogens is 252 g/mol. The van der Waals surface area contributed by atoms with Gasteiger partial charge < -0.3 is 5.73 Å². The summed E-state index contributed by atoms with van der Waals surface area (Å²) in [6.07, 6.45) is 1.89. The summed E-state index contributed by atoms with van der Waals surface area (Å²) in [7, 11) is 0. The normalized spacial score (nSPS) is 12.1. The molecule has 0 amide bonds. The third-order valence-corrected chi connectivity index (χ3v) is 2.91. The first kappa shape index (κ1) is 16.9. The van der Waals surface area contributed by atoms with Crippen molar-refractivity contribution in [3.63, 3.8) is 0 Å². The first-order valence-electron chi connectivity index (χ1n) is 5.92. The fraction of sp³-hybridized carbons (Fsp3) is 0.538. The van der Waals surface area contributed by atoms with Gasteiger partial charge in [0.2, 0.25) is 0 Å². The maximum atomic E-state index is 10.8. The Morgan fingerprint density at radius 3 is 2.44 bits per heavy atom. The van der Waals surface area contributed by atoms with E-state index in [0.29, 0.717) is 11.5 Å². The van der Waals surface area contributed by atoms with Gasteiger partial charge in [0.1, 0.15) is 0 Å². The lowest BCUT2D eigenvalue weighted by Crippen LogP contribution is -2.11. The number of nitrogens with two attached hydrogens (primary N) is 1. The van der Waals surface area contributed by atoms with E-state index in [-0.39, 0.29) is 29.1 Å². The molecule has 1 aromatic carbocycles. The first-order chi connectivity index (χ1) is 7.91. The number of benzene rings is 1. The third kappa shape index (κ3) is 4.63. The van der Waals surface area contributed by atoms with Gasteiger partial charge >= 0.3 is 0 Å². The Labute approximate surface area is 114 Å². The number of nitro benzene ring substituents is 1. The molecule has 4 nitrogen and oxygen atoms in total. The fourth-order valence-electron chi connectivity index (χ4n) is 1.73. The standard InChI is InChI=1S/C13H20N2O2.ClH/c1-9(2)4-7-12(14)11-6-5-10(3)13(8-11)15(16)17;/h5-6,8-9,12H,4,7,14H2,1-3H3;1H/t12-;/m0./s1. The van der Waals surface area contributed by atoms with Crippen LogP contribution in [-0.4, -0.2) is 4.92 Å². The van der Waals surface area contributed by atoms with Gasteiger partial charge in [-0.05, 0) is 31.2 Å². The van der Waals surface area contributed by atoms with Crippen LogP contribution in [0.5, 0.6) is 0 Å². The molecule has 18 heavy (non-hydrogen) atoms. The molecule has 0 aliphatic heterocycles. The summed E-state index contributed by atoms with van der Waals surface area (Å²) in [5, 5.41) is 10.8. The molecule has 2 N–H and O–H groups in total. The third-order valence-electron chi connectivity index (χ3n) is 2.91. The van der Waals surface area contributed by atoms with Crippen molar-refractivity contribution < 1.29 is 4.92 Å². The van der Waals surface area contributed by atoms with Crippen LogP contribution in [0.25, 0.3) is 0 Å². The van der Waals surface area contributed by atoms with E-state index >= 15 is 0 Å². The van der Waals surface area contributed by atoms with Crippen molar-refractivity contribution in [2.45, 2.75) is 39.7 Å². The largest absolute Gasteiger partial charge is 0.324 e. The average Bonchev–Trinajstić information content (AvgIpc) is 2.26. The van der Waals surface area contributed by atoms with Crippen molar-refractivity contribution in [1.29, 1.82) is 0 Å². The van der Waals surface area contributed by atoms with E-state index in [2.05, 4.69) is 13.8 Å². The van der Waals surface area contributed by atoms with Crippen molar-refractivity contribution >= 4 is 18.1 Å². The number of rotatable bonds is 5. The average molecular weight is 273 g/mol. The van der Waals surface area contributed by atoms with Crippen LogP contribution >= 0.6 is 12.4 Å². The number of hydrogen-bond donors (Lipinski definition) is 1. The monoisotopic (exact) mass is 272 g/mol. The SMILES string of the molecule is Cc1ccc([C@@H](N)CCC(C)C)cc1[N+](=O)[O-].Cl. The molecule has 0 spiro atoms. The highest BCUT2D eigenvalue weighted by molar-refractivity contribution is 5.85. The second-order valence-corrected chi connectivity index (χ2v) is 4.88. The molecular formula is C13H21ClN2O2. The zero-order chi connectivity index (χ0) is 13.0. The summed E-state index contributed by atoms with van der Waals surface area (Å²) in [4.78, 5) is 10.5. The summed E-state index contributed by atoms with van der Waals surface area (Å²) < 4.78 is 0. The van der Waals surface area contributed by atoms with E-state index in [1.54, 1.807) is 19.1 Å². The number of nitro groups is 1. The molecule has 0 aromatic heterocycles. The van der Waals surface area contributed by atoms with E-state index < -0.39 is 0 Å². The van der Waals surface area contributed by atoms with E-state index in [4.69, 9.17) is 5.73 Å². The summed E-state index contributed by atoms with van der Waals surface area (Å²) >= 11 is 0. The maximum Gasteiger partial charge on any atom is 0.272 e. The van der Waals surface area contributed by atoms with Gasteiger partial charge in [0.25, 0.3) is 5.69 Å². The second-order valence-electron chi connectivity index (χ2n) is 4.88. The quantitative estimate of drug-likeness (QED) is 0.655. The van der Waals surface area contributed by atoms with Gasteiger partial charge in [-0.25, -0.2) is 0 Å². The zero-order valence-electron chi connectivity index (χ0n) is 11.1. The molecule has 0 saturated heterocycles. The van der Waals surface area contributed by atoms with Crippen molar-refractivity contribution in [2.75, 3.05) is 0 Å². The lowest BCUT2D eigenvalue weighted by atomic mass is 9.97. The molecule has 1 aromatic rings. The van der Waals surface area contributed by atoms with Crippen molar-refractivity contribution in [3.8, 4) is 0 Å². The molecule has 0 bridgehead atoms. The highest BCUT2D eigenvalue weighted by Crippen LogP contribution is 2.25. The van der Waals surface area contributed by atoms with Crippen LogP contribution in [0.3, 0.4) is 0 Å². The second kappa shape index (κ2) is 7.34. The molecule has 102 valence electrons. The molecule has 0 saturated carbocycles. The first-order valence-corrected chi connectivity index (χ1v) is 5.92. The van der Waals surface area contributed by atoms with E-state index in [1.807, 2.05) is 6.07 Å². The lowest BCUT2D eigenvalue weighted by molar-refractivity contribution is -0.385. The highest BCUT2D eigenvalue weighted by atomic mass is 35.5. The Morgan fingerprint density at radius 2 is 1.94 bits per heavy atom. The van der Waals surface area contributed by atoms with Gasteiger partial charge in [0.05, 0.1) is 4.92 Å². The van der Waals surface area contributed by atoms with Gasteiger partial charge in [-0.3, -0.25) is 10.1 Å². The molecule has 0 unspecified atom stereocenters. The predicted octanol–water partition coefficient (Wildman–Crippen LogP) is 3.76. The van der Waals surface area contributed by atoms with Crippen LogP contribution in [0.15, 0.2) is 18.2 Å². The lowest BCUT2D eigenvalue weighted by Gasteiger charge is -2.13. The van der Waals surface area contributed by atoms with Gasteiger partial charge in [-0.1, -0.05) is 26.0 Å². The number of hydrogen-bond acceptors (Lipinski definition) is 3. The molecule has 0 heterocycles. The molecule has 0 radical (unpaired) electrons. The molecule has 1 rings (SSSR count). The van der Waals surface area contributed by atoms with Crippen LogP contribution < -0.4 is 5.73 Å². The predicted molar refractivity (Wildman–Crippen MR) is 76.1 cm³/mol. The van der Waals surface area contributed by atoms with Gasteiger partial charge in [-0.2, -0.15) is 0 Å². The summed E-state index contributed by atoms with van der Waals surface area (Å²) in [5.74, 6) is 0.599. The van der Waals surface area contributed by atoms with Crippen molar-refractivity contribution in [1.82, 2.24) is 0 Å². The van der Waals surface area contributed by atoms with Crippen LogP contribution in [0, 0.1) is 23.0 Å². The summed E-state index contributed by atoms with van der Waals surface area (Å²) in [6, 6.07) is 5.13. The smallest absolute Gasteiger partial charge is 0.272 e. The summed E-state index contributed by atoms with van der Waals surface area (Å²) in [6.45, 7) is 6.02. The Hall–Kier alpha value is -1.13. The Bertz CT molecular complexity index is 408. The Kier molecular flexibility index (Phi) is 6.88. The molecule has 0 fully saturated rings. The minimum absolute atomic E-state index is 0. The Balaban J connectivity index is 0.00000289. The number of nitrogens with zero attached hydrogens (tertiary/aromatic N) is 1. The molecule has 0 aliphatic carbocycles. The minimum Gasteiger partial charge on any atom is -0.324 e. The fourth-order valence-corrected chi connectivity index (χ4v) is 1.73. The van der Waals surface area contributed by atoms with Crippen LogP contribution in [0.2, 0.25) is 0 Å². The molecule has 0 aliphatic rings. The van der Waals surface area contributed by atoms with Crippen LogP contribution in [-0.2, 0) is 0 Å². The number of aryl methyl sites for hydroxylation is 1. The molecule has 1 atom stereocenters. The van der Waals surface area contributed by atoms with Gasteiger partial charge in [0.15, 0.2) is 0 Å². The van der Waals surface area contributed by atoms with E-state index in [9.17, 15) is 10.1 Å². The van der Waals surface area contributed by atoms with Gasteiger partial charge in [-0.15, -0.1) is 12.4 Å². The number of halogens is 1. The van der Waals surface area contributed by atoms with Crippen LogP contribution in [0.4, 0.5) is 5.69 Å².